The van der Waals surface area contributed by atoms with E-state index in [0.717, 1.165) is 22.9 Å². The Morgan fingerprint density at radius 3 is 3.12 bits per heavy atom. The molecule has 0 saturated carbocycles. The minimum Gasteiger partial charge on any atom is -0.379 e. The molecule has 2 aromatic heterocycles. The van der Waals surface area contributed by atoms with Crippen molar-refractivity contribution >= 4 is 11.3 Å². The molecule has 1 fully saturated rings. The Kier molecular flexibility index (Phi) is 2.50. The third-order valence-corrected chi connectivity index (χ3v) is 3.87. The SMILES string of the molecule is Cn1nc(-c2cccs2)nc1C1(N)CCOC1. The zero-order valence-corrected chi connectivity index (χ0v) is 10.4. The number of rotatable bonds is 2. The van der Waals surface area contributed by atoms with Crippen molar-refractivity contribution in [1.29, 1.82) is 0 Å². The molecule has 1 aliphatic rings. The average molecular weight is 250 g/mol. The van der Waals surface area contributed by atoms with Crippen LogP contribution in [-0.4, -0.2) is 28.0 Å². The summed E-state index contributed by atoms with van der Waals surface area (Å²) in [5.74, 6) is 1.55. The zero-order chi connectivity index (χ0) is 11.9. The van der Waals surface area contributed by atoms with E-state index in [9.17, 15) is 0 Å². The molecule has 1 saturated heterocycles. The van der Waals surface area contributed by atoms with Crippen molar-refractivity contribution in [3.05, 3.63) is 23.3 Å². The van der Waals surface area contributed by atoms with Gasteiger partial charge in [-0.3, -0.25) is 4.68 Å². The zero-order valence-electron chi connectivity index (χ0n) is 9.59. The van der Waals surface area contributed by atoms with Gasteiger partial charge in [-0.1, -0.05) is 6.07 Å². The molecule has 2 N–H and O–H groups in total. The van der Waals surface area contributed by atoms with Crippen LogP contribution in [0, 0.1) is 0 Å². The van der Waals surface area contributed by atoms with Gasteiger partial charge in [-0.2, -0.15) is 5.10 Å². The molecule has 0 aromatic carbocycles. The summed E-state index contributed by atoms with van der Waals surface area (Å²) in [6, 6.07) is 4.01. The van der Waals surface area contributed by atoms with Crippen molar-refractivity contribution in [1.82, 2.24) is 14.8 Å². The number of ether oxygens (including phenoxy) is 1. The van der Waals surface area contributed by atoms with Gasteiger partial charge in [0.15, 0.2) is 5.82 Å². The monoisotopic (exact) mass is 250 g/mol. The Hall–Kier alpha value is -1.24. The van der Waals surface area contributed by atoms with Crippen molar-refractivity contribution in [2.24, 2.45) is 12.8 Å². The second-order valence-corrected chi connectivity index (χ2v) is 5.27. The summed E-state index contributed by atoms with van der Waals surface area (Å²) < 4.78 is 7.13. The average Bonchev–Trinajstić information content (AvgIpc) is 2.97. The Morgan fingerprint density at radius 1 is 1.59 bits per heavy atom. The number of hydrogen-bond acceptors (Lipinski definition) is 5. The van der Waals surface area contributed by atoms with Gasteiger partial charge in [0.1, 0.15) is 11.4 Å². The maximum atomic E-state index is 6.30. The molecule has 0 bridgehead atoms. The first kappa shape index (κ1) is 10.9. The molecule has 0 radical (unpaired) electrons. The van der Waals surface area contributed by atoms with Gasteiger partial charge < -0.3 is 10.5 Å². The lowest BCUT2D eigenvalue weighted by Gasteiger charge is -2.19. The number of aromatic nitrogens is 3. The van der Waals surface area contributed by atoms with Gasteiger partial charge in [0.25, 0.3) is 0 Å². The normalized spacial score (nSPS) is 24.4. The van der Waals surface area contributed by atoms with Gasteiger partial charge in [-0.05, 0) is 17.9 Å². The first-order valence-corrected chi connectivity index (χ1v) is 6.39. The van der Waals surface area contributed by atoms with Crippen LogP contribution in [0.5, 0.6) is 0 Å². The summed E-state index contributed by atoms with van der Waals surface area (Å²) in [6.07, 6.45) is 0.795. The summed E-state index contributed by atoms with van der Waals surface area (Å²) in [5.41, 5.74) is 5.81. The summed E-state index contributed by atoms with van der Waals surface area (Å²) in [4.78, 5) is 5.63. The summed E-state index contributed by atoms with van der Waals surface area (Å²) in [7, 11) is 1.88. The van der Waals surface area contributed by atoms with E-state index in [1.54, 1.807) is 16.0 Å². The smallest absolute Gasteiger partial charge is 0.191 e. The predicted molar refractivity (Wildman–Crippen MR) is 65.6 cm³/mol. The molecule has 17 heavy (non-hydrogen) atoms. The molecular formula is C11H14N4OS. The van der Waals surface area contributed by atoms with Crippen LogP contribution in [-0.2, 0) is 17.3 Å². The van der Waals surface area contributed by atoms with Crippen LogP contribution >= 0.6 is 11.3 Å². The largest absolute Gasteiger partial charge is 0.379 e. The Morgan fingerprint density at radius 2 is 2.47 bits per heavy atom. The molecule has 1 unspecified atom stereocenters. The highest BCUT2D eigenvalue weighted by Gasteiger charge is 2.37. The molecule has 0 amide bonds. The topological polar surface area (TPSA) is 66.0 Å². The van der Waals surface area contributed by atoms with Gasteiger partial charge in [0.2, 0.25) is 0 Å². The van der Waals surface area contributed by atoms with Crippen LogP contribution in [0.4, 0.5) is 0 Å². The Labute approximate surface area is 103 Å². The first-order chi connectivity index (χ1) is 8.19. The molecule has 90 valence electrons. The highest BCUT2D eigenvalue weighted by atomic mass is 32.1. The standard InChI is InChI=1S/C11H14N4OS/c1-15-10(11(12)4-5-16-7-11)13-9(14-15)8-3-2-6-17-8/h2-3,6H,4-5,7,12H2,1H3. The maximum absolute atomic E-state index is 6.30. The van der Waals surface area contributed by atoms with E-state index in [2.05, 4.69) is 10.1 Å². The van der Waals surface area contributed by atoms with Crippen LogP contribution in [0.3, 0.4) is 0 Å². The number of hydrogen-bond donors (Lipinski definition) is 1. The number of nitrogens with two attached hydrogens (primary N) is 1. The maximum Gasteiger partial charge on any atom is 0.191 e. The molecule has 6 heteroatoms. The lowest BCUT2D eigenvalue weighted by atomic mass is 9.99. The Balaban J connectivity index is 2.01. The molecule has 1 atom stereocenters. The van der Waals surface area contributed by atoms with E-state index in [1.807, 2.05) is 24.6 Å². The van der Waals surface area contributed by atoms with Gasteiger partial charge >= 0.3 is 0 Å². The highest BCUT2D eigenvalue weighted by molar-refractivity contribution is 7.13. The van der Waals surface area contributed by atoms with E-state index in [4.69, 9.17) is 10.5 Å². The van der Waals surface area contributed by atoms with Gasteiger partial charge in [0.05, 0.1) is 11.5 Å². The number of thiophene rings is 1. The fourth-order valence-corrected chi connectivity index (χ4v) is 2.74. The van der Waals surface area contributed by atoms with Crippen molar-refractivity contribution < 1.29 is 4.74 Å². The van der Waals surface area contributed by atoms with E-state index >= 15 is 0 Å². The molecule has 1 aliphatic heterocycles. The highest BCUT2D eigenvalue weighted by Crippen LogP contribution is 2.28. The second kappa shape index (κ2) is 3.90. The Bertz CT molecular complexity index is 514. The van der Waals surface area contributed by atoms with Crippen LogP contribution < -0.4 is 5.73 Å². The van der Waals surface area contributed by atoms with E-state index in [-0.39, 0.29) is 0 Å². The van der Waals surface area contributed by atoms with Crippen molar-refractivity contribution in [3.8, 4) is 10.7 Å². The van der Waals surface area contributed by atoms with Gasteiger partial charge in [-0.15, -0.1) is 11.3 Å². The summed E-state index contributed by atoms with van der Waals surface area (Å²) >= 11 is 1.63. The van der Waals surface area contributed by atoms with E-state index < -0.39 is 5.54 Å². The van der Waals surface area contributed by atoms with Crippen LogP contribution in [0.15, 0.2) is 17.5 Å². The molecule has 3 heterocycles. The predicted octanol–water partition coefficient (Wildman–Crippen LogP) is 1.12. The van der Waals surface area contributed by atoms with E-state index in [1.165, 1.54) is 0 Å². The molecule has 3 rings (SSSR count). The molecule has 0 spiro atoms. The molecule has 0 aliphatic carbocycles. The van der Waals surface area contributed by atoms with Crippen molar-refractivity contribution in [3.63, 3.8) is 0 Å². The van der Waals surface area contributed by atoms with Crippen molar-refractivity contribution in [2.45, 2.75) is 12.0 Å². The van der Waals surface area contributed by atoms with E-state index in [0.29, 0.717) is 13.2 Å². The first-order valence-electron chi connectivity index (χ1n) is 5.51. The quantitative estimate of drug-likeness (QED) is 0.867. The molecular weight excluding hydrogens is 236 g/mol. The molecule has 2 aromatic rings. The lowest BCUT2D eigenvalue weighted by molar-refractivity contribution is 0.175. The minimum atomic E-state index is -0.489. The number of aryl methyl sites for hydroxylation is 1. The van der Waals surface area contributed by atoms with Crippen LogP contribution in [0.2, 0.25) is 0 Å². The van der Waals surface area contributed by atoms with Gasteiger partial charge in [-0.25, -0.2) is 4.98 Å². The fraction of sp³-hybridized carbons (Fsp3) is 0.455. The fourth-order valence-electron chi connectivity index (χ4n) is 2.09. The minimum absolute atomic E-state index is 0.489. The lowest BCUT2D eigenvalue weighted by Crippen LogP contribution is -2.39. The second-order valence-electron chi connectivity index (χ2n) is 4.32. The molecule has 5 nitrogen and oxygen atoms in total. The van der Waals surface area contributed by atoms with Crippen LogP contribution in [0.25, 0.3) is 10.7 Å². The third kappa shape index (κ3) is 1.78. The van der Waals surface area contributed by atoms with Crippen LogP contribution in [0.1, 0.15) is 12.2 Å². The summed E-state index contributed by atoms with van der Waals surface area (Å²) in [6.45, 7) is 1.21. The van der Waals surface area contributed by atoms with Gasteiger partial charge in [0, 0.05) is 13.7 Å². The third-order valence-electron chi connectivity index (χ3n) is 3.00. The number of nitrogens with zero attached hydrogens (tertiary/aromatic N) is 3. The summed E-state index contributed by atoms with van der Waals surface area (Å²) in [5, 5.41) is 6.44. The van der Waals surface area contributed by atoms with Crippen molar-refractivity contribution in [2.75, 3.05) is 13.2 Å².